The average molecular weight is 339 g/mol. The number of esters is 1. The summed E-state index contributed by atoms with van der Waals surface area (Å²) in [7, 11) is 1.63. The average Bonchev–Trinajstić information content (AvgIpc) is 3.11. The molecule has 0 aliphatic carbocycles. The molecule has 0 atom stereocenters. The molecule has 0 fully saturated rings. The Morgan fingerprint density at radius 3 is 2.46 bits per heavy atom. The van der Waals surface area contributed by atoms with Gasteiger partial charge in [-0.3, -0.25) is 0 Å². The molecule has 0 amide bonds. The molecule has 24 heavy (non-hydrogen) atoms. The first-order valence-electron chi connectivity index (χ1n) is 7.48. The summed E-state index contributed by atoms with van der Waals surface area (Å²) in [6, 6.07) is 15.5. The number of benzene rings is 2. The fourth-order valence-corrected chi connectivity index (χ4v) is 2.94. The van der Waals surface area contributed by atoms with Crippen molar-refractivity contribution in [2.75, 3.05) is 7.11 Å². The van der Waals surface area contributed by atoms with E-state index in [0.717, 1.165) is 21.9 Å². The van der Waals surface area contributed by atoms with Crippen LogP contribution in [0.25, 0.3) is 10.6 Å². The van der Waals surface area contributed by atoms with Crippen molar-refractivity contribution < 1.29 is 14.3 Å². The Morgan fingerprint density at radius 1 is 1.08 bits per heavy atom. The second-order valence-electron chi connectivity index (χ2n) is 5.33. The first kappa shape index (κ1) is 16.2. The van der Waals surface area contributed by atoms with Crippen LogP contribution in [0.1, 0.15) is 21.6 Å². The zero-order valence-electron chi connectivity index (χ0n) is 13.5. The Bertz CT molecular complexity index is 823. The van der Waals surface area contributed by atoms with Gasteiger partial charge in [0.05, 0.1) is 7.11 Å². The van der Waals surface area contributed by atoms with Gasteiger partial charge in [-0.25, -0.2) is 9.78 Å². The van der Waals surface area contributed by atoms with E-state index in [4.69, 9.17) is 9.47 Å². The van der Waals surface area contributed by atoms with Gasteiger partial charge in [0.1, 0.15) is 17.4 Å². The number of carbonyl (C=O) groups excluding carboxylic acids is 1. The number of carbonyl (C=O) groups is 1. The number of hydrogen-bond acceptors (Lipinski definition) is 5. The van der Waals surface area contributed by atoms with Crippen LogP contribution in [0.4, 0.5) is 0 Å². The quantitative estimate of drug-likeness (QED) is 0.643. The highest BCUT2D eigenvalue weighted by molar-refractivity contribution is 7.13. The molecule has 0 saturated heterocycles. The summed E-state index contributed by atoms with van der Waals surface area (Å²) in [5.41, 5.74) is 3.41. The van der Waals surface area contributed by atoms with Gasteiger partial charge in [0.25, 0.3) is 0 Å². The Morgan fingerprint density at radius 2 is 1.79 bits per heavy atom. The summed E-state index contributed by atoms with van der Waals surface area (Å²) in [5.74, 6) is 0.375. The maximum Gasteiger partial charge on any atom is 0.358 e. The lowest BCUT2D eigenvalue weighted by Gasteiger charge is -2.03. The van der Waals surface area contributed by atoms with Crippen LogP contribution in [0.15, 0.2) is 53.9 Å². The summed E-state index contributed by atoms with van der Waals surface area (Å²) >= 11 is 1.42. The number of hydrogen-bond donors (Lipinski definition) is 0. The normalized spacial score (nSPS) is 10.4. The van der Waals surface area contributed by atoms with E-state index in [-0.39, 0.29) is 6.61 Å². The summed E-state index contributed by atoms with van der Waals surface area (Å²) in [5, 5.41) is 2.50. The fraction of sp³-hybridized carbons (Fsp3) is 0.158. The Hall–Kier alpha value is -2.66. The molecule has 3 rings (SSSR count). The Kier molecular flexibility index (Phi) is 4.91. The van der Waals surface area contributed by atoms with Gasteiger partial charge in [-0.05, 0) is 36.8 Å². The number of methoxy groups -OCH3 is 1. The lowest BCUT2D eigenvalue weighted by molar-refractivity contribution is 0.0467. The van der Waals surface area contributed by atoms with Crippen molar-refractivity contribution >= 4 is 17.3 Å². The third-order valence-electron chi connectivity index (χ3n) is 3.54. The van der Waals surface area contributed by atoms with Crippen molar-refractivity contribution in [3.05, 3.63) is 70.7 Å². The van der Waals surface area contributed by atoms with Crippen LogP contribution in [-0.2, 0) is 11.3 Å². The molecule has 0 unspecified atom stereocenters. The SMILES string of the molecule is COc1ccc(-c2nc(C(=O)OCc3ccc(C)cc3)cs2)cc1. The van der Waals surface area contributed by atoms with Crippen molar-refractivity contribution in [2.24, 2.45) is 0 Å². The molecular weight excluding hydrogens is 322 g/mol. The summed E-state index contributed by atoms with van der Waals surface area (Å²) in [6.07, 6.45) is 0. The zero-order chi connectivity index (χ0) is 16.9. The molecule has 0 spiro atoms. The van der Waals surface area contributed by atoms with E-state index >= 15 is 0 Å². The molecule has 0 saturated carbocycles. The van der Waals surface area contributed by atoms with Gasteiger partial charge in [0.2, 0.25) is 0 Å². The fourth-order valence-electron chi connectivity index (χ4n) is 2.14. The lowest BCUT2D eigenvalue weighted by atomic mass is 10.2. The number of aromatic nitrogens is 1. The van der Waals surface area contributed by atoms with Crippen molar-refractivity contribution in [2.45, 2.75) is 13.5 Å². The Balaban J connectivity index is 1.65. The van der Waals surface area contributed by atoms with E-state index in [1.165, 1.54) is 16.9 Å². The van der Waals surface area contributed by atoms with Crippen LogP contribution >= 0.6 is 11.3 Å². The predicted octanol–water partition coefficient (Wildman–Crippen LogP) is 4.48. The first-order chi connectivity index (χ1) is 11.7. The van der Waals surface area contributed by atoms with E-state index in [9.17, 15) is 4.79 Å². The van der Waals surface area contributed by atoms with Crippen LogP contribution in [0, 0.1) is 6.92 Å². The highest BCUT2D eigenvalue weighted by Gasteiger charge is 2.13. The molecule has 0 radical (unpaired) electrons. The molecule has 3 aromatic rings. The molecule has 0 aliphatic rings. The van der Waals surface area contributed by atoms with Crippen LogP contribution in [0.2, 0.25) is 0 Å². The van der Waals surface area contributed by atoms with E-state index < -0.39 is 5.97 Å². The molecule has 122 valence electrons. The van der Waals surface area contributed by atoms with Gasteiger partial charge >= 0.3 is 5.97 Å². The van der Waals surface area contributed by atoms with Crippen LogP contribution in [0.3, 0.4) is 0 Å². The molecule has 0 bridgehead atoms. The van der Waals surface area contributed by atoms with Gasteiger partial charge in [-0.1, -0.05) is 29.8 Å². The van der Waals surface area contributed by atoms with Crippen LogP contribution in [-0.4, -0.2) is 18.1 Å². The monoisotopic (exact) mass is 339 g/mol. The number of nitrogens with zero attached hydrogens (tertiary/aromatic N) is 1. The molecule has 1 aromatic heterocycles. The van der Waals surface area contributed by atoms with E-state index in [1.807, 2.05) is 55.5 Å². The minimum atomic E-state index is -0.411. The van der Waals surface area contributed by atoms with Gasteiger partial charge in [0, 0.05) is 10.9 Å². The number of thiazole rings is 1. The third kappa shape index (κ3) is 3.81. The topological polar surface area (TPSA) is 48.4 Å². The lowest BCUT2D eigenvalue weighted by Crippen LogP contribution is -2.05. The molecule has 1 heterocycles. The second kappa shape index (κ2) is 7.27. The predicted molar refractivity (Wildman–Crippen MR) is 94.4 cm³/mol. The third-order valence-corrected chi connectivity index (χ3v) is 4.43. The smallest absolute Gasteiger partial charge is 0.358 e. The minimum absolute atomic E-state index is 0.245. The number of rotatable bonds is 5. The largest absolute Gasteiger partial charge is 0.497 e. The first-order valence-corrected chi connectivity index (χ1v) is 8.36. The standard InChI is InChI=1S/C19H17NO3S/c1-13-3-5-14(6-4-13)11-23-19(21)17-12-24-18(20-17)15-7-9-16(22-2)10-8-15/h3-10,12H,11H2,1-2H3. The summed E-state index contributed by atoms with van der Waals surface area (Å²) in [4.78, 5) is 16.5. The summed E-state index contributed by atoms with van der Waals surface area (Å²) < 4.78 is 10.5. The summed E-state index contributed by atoms with van der Waals surface area (Å²) in [6.45, 7) is 2.26. The molecule has 0 aliphatic heterocycles. The molecule has 2 aromatic carbocycles. The van der Waals surface area contributed by atoms with Crippen molar-refractivity contribution in [3.8, 4) is 16.3 Å². The number of aryl methyl sites for hydroxylation is 1. The van der Waals surface area contributed by atoms with E-state index in [2.05, 4.69) is 4.98 Å². The van der Waals surface area contributed by atoms with Crippen molar-refractivity contribution in [1.82, 2.24) is 4.98 Å². The van der Waals surface area contributed by atoms with Crippen LogP contribution < -0.4 is 4.74 Å². The van der Waals surface area contributed by atoms with Crippen molar-refractivity contribution in [3.63, 3.8) is 0 Å². The Labute approximate surface area is 144 Å². The zero-order valence-corrected chi connectivity index (χ0v) is 14.3. The van der Waals surface area contributed by atoms with E-state index in [1.54, 1.807) is 12.5 Å². The van der Waals surface area contributed by atoms with Gasteiger partial charge in [0.15, 0.2) is 5.69 Å². The minimum Gasteiger partial charge on any atom is -0.497 e. The molecular formula is C19H17NO3S. The molecule has 5 heteroatoms. The highest BCUT2D eigenvalue weighted by Crippen LogP contribution is 2.26. The maximum atomic E-state index is 12.1. The van der Waals surface area contributed by atoms with Gasteiger partial charge < -0.3 is 9.47 Å². The van der Waals surface area contributed by atoms with Gasteiger partial charge in [-0.2, -0.15) is 0 Å². The second-order valence-corrected chi connectivity index (χ2v) is 6.19. The molecule has 4 nitrogen and oxygen atoms in total. The van der Waals surface area contributed by atoms with Gasteiger partial charge in [-0.15, -0.1) is 11.3 Å². The maximum absolute atomic E-state index is 12.1. The van der Waals surface area contributed by atoms with E-state index in [0.29, 0.717) is 5.69 Å². The molecule has 0 N–H and O–H groups in total. The van der Waals surface area contributed by atoms with Crippen LogP contribution in [0.5, 0.6) is 5.75 Å². The number of ether oxygens (including phenoxy) is 2. The van der Waals surface area contributed by atoms with Crippen molar-refractivity contribution in [1.29, 1.82) is 0 Å². The highest BCUT2D eigenvalue weighted by atomic mass is 32.1.